The van der Waals surface area contributed by atoms with E-state index in [0.717, 1.165) is 37.1 Å². The molecule has 6 heteroatoms. The van der Waals surface area contributed by atoms with Crippen molar-refractivity contribution in [3.63, 3.8) is 0 Å². The third kappa shape index (κ3) is 4.54. The van der Waals surface area contributed by atoms with Crippen LogP contribution in [0.2, 0.25) is 0 Å². The number of amides is 1. The van der Waals surface area contributed by atoms with E-state index in [0.29, 0.717) is 29.4 Å². The van der Waals surface area contributed by atoms with Crippen LogP contribution in [0.25, 0.3) is 16.9 Å². The molecule has 1 unspecified atom stereocenters. The summed E-state index contributed by atoms with van der Waals surface area (Å²) in [7, 11) is 0. The van der Waals surface area contributed by atoms with Gasteiger partial charge in [-0.25, -0.2) is 9.07 Å². The Balaban J connectivity index is 1.60. The van der Waals surface area contributed by atoms with Gasteiger partial charge in [0.15, 0.2) is 0 Å². The second-order valence-corrected chi connectivity index (χ2v) is 7.58. The van der Waals surface area contributed by atoms with Gasteiger partial charge in [-0.2, -0.15) is 5.10 Å². The van der Waals surface area contributed by atoms with Gasteiger partial charge in [0.2, 0.25) is 0 Å². The number of aromatic nitrogens is 2. The summed E-state index contributed by atoms with van der Waals surface area (Å²) in [6, 6.07) is 14.0. The normalized spacial score (nSPS) is 16.1. The number of aryl methyl sites for hydroxylation is 1. The number of hydrogen-bond acceptors (Lipinski definition) is 3. The fraction of sp³-hybridized carbons (Fsp3) is 0.304. The number of nitrogens with one attached hydrogen (secondary N) is 2. The molecule has 1 aliphatic heterocycles. The van der Waals surface area contributed by atoms with Crippen molar-refractivity contribution < 1.29 is 9.18 Å². The SMILES string of the molecule is Cc1ccc(-c2nn(-c3ccc(F)cc3)cc2C(=O)NCCC2CCNC2)cc1. The van der Waals surface area contributed by atoms with Crippen LogP contribution in [0, 0.1) is 18.7 Å². The van der Waals surface area contributed by atoms with E-state index in [1.54, 1.807) is 23.0 Å². The van der Waals surface area contributed by atoms with Crippen molar-refractivity contribution in [2.24, 2.45) is 5.92 Å². The lowest BCUT2D eigenvalue weighted by atomic mass is 10.0. The molecule has 1 aliphatic rings. The van der Waals surface area contributed by atoms with Crippen LogP contribution in [0.15, 0.2) is 54.7 Å². The highest BCUT2D eigenvalue weighted by Crippen LogP contribution is 2.24. The summed E-state index contributed by atoms with van der Waals surface area (Å²) >= 11 is 0. The third-order valence-corrected chi connectivity index (χ3v) is 5.38. The zero-order chi connectivity index (χ0) is 20.2. The first kappa shape index (κ1) is 19.3. The predicted molar refractivity (Wildman–Crippen MR) is 112 cm³/mol. The fourth-order valence-corrected chi connectivity index (χ4v) is 3.64. The van der Waals surface area contributed by atoms with E-state index in [2.05, 4.69) is 15.7 Å². The van der Waals surface area contributed by atoms with E-state index in [4.69, 9.17) is 0 Å². The first-order valence-corrected chi connectivity index (χ1v) is 10.0. The minimum Gasteiger partial charge on any atom is -0.352 e. The van der Waals surface area contributed by atoms with Gasteiger partial charge in [-0.05, 0) is 63.0 Å². The molecular formula is C23H25FN4O. The first-order chi connectivity index (χ1) is 14.1. The number of carbonyl (C=O) groups excluding carboxylic acids is 1. The summed E-state index contributed by atoms with van der Waals surface area (Å²) in [6.45, 7) is 4.74. The van der Waals surface area contributed by atoms with Gasteiger partial charge in [0, 0.05) is 18.3 Å². The van der Waals surface area contributed by atoms with Gasteiger partial charge in [-0.1, -0.05) is 29.8 Å². The molecule has 5 nitrogen and oxygen atoms in total. The Hall–Kier alpha value is -2.99. The smallest absolute Gasteiger partial charge is 0.255 e. The van der Waals surface area contributed by atoms with E-state index in [1.807, 2.05) is 31.2 Å². The van der Waals surface area contributed by atoms with Crippen LogP contribution in [-0.4, -0.2) is 35.3 Å². The fourth-order valence-electron chi connectivity index (χ4n) is 3.64. The van der Waals surface area contributed by atoms with Gasteiger partial charge in [0.25, 0.3) is 5.91 Å². The molecule has 0 spiro atoms. The molecule has 1 atom stereocenters. The summed E-state index contributed by atoms with van der Waals surface area (Å²) in [5, 5.41) is 11.0. The maximum absolute atomic E-state index is 13.3. The summed E-state index contributed by atoms with van der Waals surface area (Å²) in [6.07, 6.45) is 3.84. The lowest BCUT2D eigenvalue weighted by Gasteiger charge is -2.09. The first-order valence-electron chi connectivity index (χ1n) is 10.0. The average molecular weight is 392 g/mol. The lowest BCUT2D eigenvalue weighted by molar-refractivity contribution is 0.0952. The van der Waals surface area contributed by atoms with Crippen LogP contribution in [0.3, 0.4) is 0 Å². The van der Waals surface area contributed by atoms with Gasteiger partial charge in [-0.3, -0.25) is 4.79 Å². The minimum absolute atomic E-state index is 0.139. The van der Waals surface area contributed by atoms with E-state index in [9.17, 15) is 9.18 Å². The maximum atomic E-state index is 13.3. The molecule has 2 N–H and O–H groups in total. The van der Waals surface area contributed by atoms with E-state index in [1.165, 1.54) is 12.1 Å². The second kappa shape index (κ2) is 8.57. The zero-order valence-corrected chi connectivity index (χ0v) is 16.5. The number of benzene rings is 2. The zero-order valence-electron chi connectivity index (χ0n) is 16.5. The summed E-state index contributed by atoms with van der Waals surface area (Å²) < 4.78 is 14.9. The van der Waals surface area contributed by atoms with Gasteiger partial charge in [-0.15, -0.1) is 0 Å². The maximum Gasteiger partial charge on any atom is 0.255 e. The van der Waals surface area contributed by atoms with E-state index >= 15 is 0 Å². The number of hydrogen-bond donors (Lipinski definition) is 2. The molecule has 2 heterocycles. The second-order valence-electron chi connectivity index (χ2n) is 7.58. The highest BCUT2D eigenvalue weighted by Gasteiger charge is 2.20. The molecule has 2 aromatic carbocycles. The molecule has 0 aliphatic carbocycles. The van der Waals surface area contributed by atoms with Gasteiger partial charge in [0.05, 0.1) is 11.3 Å². The van der Waals surface area contributed by atoms with Crippen LogP contribution in [-0.2, 0) is 0 Å². The summed E-state index contributed by atoms with van der Waals surface area (Å²) in [5.41, 5.74) is 3.86. The quantitative estimate of drug-likeness (QED) is 0.672. The molecule has 29 heavy (non-hydrogen) atoms. The van der Waals surface area contributed by atoms with Crippen LogP contribution in [0.4, 0.5) is 4.39 Å². The van der Waals surface area contributed by atoms with Crippen molar-refractivity contribution in [1.29, 1.82) is 0 Å². The average Bonchev–Trinajstić information content (AvgIpc) is 3.39. The molecule has 1 fully saturated rings. The van der Waals surface area contributed by atoms with Crippen molar-refractivity contribution in [3.05, 3.63) is 71.7 Å². The van der Waals surface area contributed by atoms with Crippen molar-refractivity contribution in [1.82, 2.24) is 20.4 Å². The molecule has 3 aromatic rings. The molecule has 1 amide bonds. The Morgan fingerprint density at radius 1 is 1.21 bits per heavy atom. The predicted octanol–water partition coefficient (Wildman–Crippen LogP) is 3.72. The molecule has 0 saturated carbocycles. The largest absolute Gasteiger partial charge is 0.352 e. The Bertz CT molecular complexity index is 973. The third-order valence-electron chi connectivity index (χ3n) is 5.38. The van der Waals surface area contributed by atoms with E-state index in [-0.39, 0.29) is 11.7 Å². The van der Waals surface area contributed by atoms with E-state index < -0.39 is 0 Å². The number of halogens is 1. The Labute approximate surface area is 169 Å². The highest BCUT2D eigenvalue weighted by atomic mass is 19.1. The molecule has 1 saturated heterocycles. The number of rotatable bonds is 6. The standard InChI is InChI=1S/C23H25FN4O/c1-16-2-4-18(5-3-16)22-21(23(29)26-13-11-17-10-12-25-14-17)15-28(27-22)20-8-6-19(24)7-9-20/h2-9,15,17,25H,10-14H2,1H3,(H,26,29). The van der Waals surface area contributed by atoms with Crippen LogP contribution in [0.5, 0.6) is 0 Å². The molecule has 0 bridgehead atoms. The Kier molecular flexibility index (Phi) is 5.71. The lowest BCUT2D eigenvalue weighted by Crippen LogP contribution is -2.26. The van der Waals surface area contributed by atoms with Gasteiger partial charge in [0.1, 0.15) is 11.5 Å². The summed E-state index contributed by atoms with van der Waals surface area (Å²) in [5.74, 6) is 0.174. The van der Waals surface area contributed by atoms with Gasteiger partial charge >= 0.3 is 0 Å². The van der Waals surface area contributed by atoms with Crippen LogP contribution >= 0.6 is 0 Å². The number of nitrogens with zero attached hydrogens (tertiary/aromatic N) is 2. The monoisotopic (exact) mass is 392 g/mol. The summed E-state index contributed by atoms with van der Waals surface area (Å²) in [4.78, 5) is 12.9. The molecular weight excluding hydrogens is 367 g/mol. The van der Waals surface area contributed by atoms with Crippen LogP contribution < -0.4 is 10.6 Å². The van der Waals surface area contributed by atoms with Crippen molar-refractivity contribution in [2.75, 3.05) is 19.6 Å². The van der Waals surface area contributed by atoms with Gasteiger partial charge < -0.3 is 10.6 Å². The topological polar surface area (TPSA) is 59.0 Å². The Morgan fingerprint density at radius 3 is 2.66 bits per heavy atom. The van der Waals surface area contributed by atoms with Crippen molar-refractivity contribution >= 4 is 5.91 Å². The highest BCUT2D eigenvalue weighted by molar-refractivity contribution is 5.99. The molecule has 4 rings (SSSR count). The molecule has 0 radical (unpaired) electrons. The number of carbonyl (C=O) groups is 1. The molecule has 150 valence electrons. The Morgan fingerprint density at radius 2 is 1.97 bits per heavy atom. The van der Waals surface area contributed by atoms with Crippen molar-refractivity contribution in [3.8, 4) is 16.9 Å². The van der Waals surface area contributed by atoms with Crippen LogP contribution in [0.1, 0.15) is 28.8 Å². The van der Waals surface area contributed by atoms with Crippen molar-refractivity contribution in [2.45, 2.75) is 19.8 Å². The molecule has 1 aromatic heterocycles. The minimum atomic E-state index is -0.306.